The van der Waals surface area contributed by atoms with Crippen LogP contribution in [0.3, 0.4) is 0 Å². The number of amidine groups is 1. The number of thioether (sulfide) groups is 1. The summed E-state index contributed by atoms with van der Waals surface area (Å²) < 4.78 is 0. The van der Waals surface area contributed by atoms with Crippen molar-refractivity contribution in [3.8, 4) is 0 Å². The molecule has 3 N–H and O–H groups in total. The van der Waals surface area contributed by atoms with Gasteiger partial charge in [0, 0.05) is 5.75 Å². The van der Waals surface area contributed by atoms with Gasteiger partial charge in [0.2, 0.25) is 0 Å². The van der Waals surface area contributed by atoms with Crippen LogP contribution in [-0.2, 0) is 0 Å². The molecule has 0 spiro atoms. The number of nitrogens with one attached hydrogen (secondary N) is 1. The largest absolute Gasteiger partial charge is 0.379 e. The first-order valence-corrected chi connectivity index (χ1v) is 4.66. The van der Waals surface area contributed by atoms with Gasteiger partial charge in [-0.3, -0.25) is 5.41 Å². The van der Waals surface area contributed by atoms with E-state index >= 15 is 0 Å². The molecule has 0 bridgehead atoms. The third-order valence-electron chi connectivity index (χ3n) is 1.63. The smallest absolute Gasteiger partial charge is 0.151 e. The lowest BCUT2D eigenvalue weighted by Gasteiger charge is -2.09. The van der Waals surface area contributed by atoms with Crippen molar-refractivity contribution in [3.05, 3.63) is 0 Å². The second kappa shape index (κ2) is 5.59. The molecule has 0 atom stereocenters. The molecule has 0 amide bonds. The van der Waals surface area contributed by atoms with Gasteiger partial charge >= 0.3 is 0 Å². The standard InChI is InChI=1S/C7H16N2S/c1-3-6(4-2)5-10-7(8)9/h6H,3-5H2,1-2H3,(H3,8,9). The molecular weight excluding hydrogens is 144 g/mol. The molecule has 0 saturated carbocycles. The van der Waals surface area contributed by atoms with E-state index in [-0.39, 0.29) is 5.17 Å². The minimum atomic E-state index is 0.243. The van der Waals surface area contributed by atoms with E-state index in [1.54, 1.807) is 0 Å². The second-order valence-corrected chi connectivity index (χ2v) is 3.42. The van der Waals surface area contributed by atoms with Crippen molar-refractivity contribution in [2.24, 2.45) is 11.7 Å². The van der Waals surface area contributed by atoms with Gasteiger partial charge in [0.05, 0.1) is 0 Å². The zero-order valence-electron chi connectivity index (χ0n) is 6.68. The van der Waals surface area contributed by atoms with Crippen molar-refractivity contribution < 1.29 is 0 Å². The Kier molecular flexibility index (Phi) is 5.49. The van der Waals surface area contributed by atoms with Crippen molar-refractivity contribution >= 4 is 16.9 Å². The van der Waals surface area contributed by atoms with Crippen molar-refractivity contribution in [1.29, 1.82) is 5.41 Å². The molecule has 0 aliphatic heterocycles. The number of hydrogen-bond acceptors (Lipinski definition) is 2. The molecule has 0 aromatic heterocycles. The highest BCUT2D eigenvalue weighted by atomic mass is 32.2. The zero-order chi connectivity index (χ0) is 7.98. The fourth-order valence-corrected chi connectivity index (χ4v) is 1.62. The molecule has 0 fully saturated rings. The van der Waals surface area contributed by atoms with E-state index in [9.17, 15) is 0 Å². The van der Waals surface area contributed by atoms with Gasteiger partial charge in [0.1, 0.15) is 0 Å². The summed E-state index contributed by atoms with van der Waals surface area (Å²) in [7, 11) is 0. The van der Waals surface area contributed by atoms with E-state index < -0.39 is 0 Å². The van der Waals surface area contributed by atoms with E-state index in [1.807, 2.05) is 0 Å². The highest BCUT2D eigenvalue weighted by Gasteiger charge is 2.03. The summed E-state index contributed by atoms with van der Waals surface area (Å²) >= 11 is 1.45. The minimum Gasteiger partial charge on any atom is -0.379 e. The van der Waals surface area contributed by atoms with Gasteiger partial charge in [0.25, 0.3) is 0 Å². The molecule has 0 rings (SSSR count). The van der Waals surface area contributed by atoms with Gasteiger partial charge in [-0.05, 0) is 5.92 Å². The molecule has 0 aliphatic carbocycles. The Morgan fingerprint density at radius 2 is 2.00 bits per heavy atom. The predicted molar refractivity (Wildman–Crippen MR) is 48.4 cm³/mol. The second-order valence-electron chi connectivity index (χ2n) is 2.36. The summed E-state index contributed by atoms with van der Waals surface area (Å²) in [5.41, 5.74) is 5.20. The van der Waals surface area contributed by atoms with Gasteiger partial charge < -0.3 is 5.73 Å². The van der Waals surface area contributed by atoms with Crippen LogP contribution in [0.25, 0.3) is 0 Å². The highest BCUT2D eigenvalue weighted by molar-refractivity contribution is 8.13. The van der Waals surface area contributed by atoms with Crippen LogP contribution in [-0.4, -0.2) is 10.9 Å². The summed E-state index contributed by atoms with van der Waals surface area (Å²) in [4.78, 5) is 0. The quantitative estimate of drug-likeness (QED) is 0.488. The van der Waals surface area contributed by atoms with Crippen molar-refractivity contribution in [3.63, 3.8) is 0 Å². The van der Waals surface area contributed by atoms with Crippen LogP contribution < -0.4 is 5.73 Å². The van der Waals surface area contributed by atoms with Gasteiger partial charge in [-0.15, -0.1) is 0 Å². The third-order valence-corrected chi connectivity index (χ3v) is 2.58. The van der Waals surface area contributed by atoms with E-state index in [1.165, 1.54) is 24.6 Å². The fourth-order valence-electron chi connectivity index (χ4n) is 0.732. The summed E-state index contributed by atoms with van der Waals surface area (Å²) in [6.07, 6.45) is 2.38. The summed E-state index contributed by atoms with van der Waals surface area (Å²) in [6, 6.07) is 0. The maximum absolute atomic E-state index is 6.98. The van der Waals surface area contributed by atoms with Crippen LogP contribution in [0.15, 0.2) is 0 Å². The third kappa shape index (κ3) is 4.68. The van der Waals surface area contributed by atoms with Gasteiger partial charge in [-0.25, -0.2) is 0 Å². The molecule has 0 saturated heterocycles. The number of hydrogen-bond donors (Lipinski definition) is 2. The van der Waals surface area contributed by atoms with Gasteiger partial charge in [0.15, 0.2) is 5.17 Å². The summed E-state index contributed by atoms with van der Waals surface area (Å²) in [5, 5.41) is 7.22. The zero-order valence-corrected chi connectivity index (χ0v) is 7.50. The Balaban J connectivity index is 3.34. The monoisotopic (exact) mass is 160 g/mol. The molecule has 0 aromatic rings. The lowest BCUT2D eigenvalue weighted by Crippen LogP contribution is -2.09. The fraction of sp³-hybridized carbons (Fsp3) is 0.857. The van der Waals surface area contributed by atoms with Crippen LogP contribution >= 0.6 is 11.8 Å². The first-order chi connectivity index (χ1) is 4.70. The van der Waals surface area contributed by atoms with Gasteiger partial charge in [-0.1, -0.05) is 38.5 Å². The molecule has 0 aromatic carbocycles. The first-order valence-electron chi connectivity index (χ1n) is 3.67. The Morgan fingerprint density at radius 3 is 2.30 bits per heavy atom. The van der Waals surface area contributed by atoms with E-state index in [0.717, 1.165) is 11.7 Å². The van der Waals surface area contributed by atoms with Crippen molar-refractivity contribution in [1.82, 2.24) is 0 Å². The number of rotatable bonds is 4. The predicted octanol–water partition coefficient (Wildman–Crippen LogP) is 2.05. The van der Waals surface area contributed by atoms with Crippen LogP contribution in [0.5, 0.6) is 0 Å². The molecule has 2 nitrogen and oxygen atoms in total. The molecule has 10 heavy (non-hydrogen) atoms. The average Bonchev–Trinajstić information content (AvgIpc) is 1.90. The van der Waals surface area contributed by atoms with Crippen molar-refractivity contribution in [2.45, 2.75) is 26.7 Å². The molecule has 0 radical (unpaired) electrons. The van der Waals surface area contributed by atoms with Crippen LogP contribution in [0, 0.1) is 11.3 Å². The molecular formula is C7H16N2S. The molecule has 3 heteroatoms. The van der Waals surface area contributed by atoms with Crippen molar-refractivity contribution in [2.75, 3.05) is 5.75 Å². The first kappa shape index (κ1) is 9.82. The SMILES string of the molecule is CCC(CC)CSC(=N)N. The Labute approximate surface area is 67.1 Å². The topological polar surface area (TPSA) is 49.9 Å². The highest BCUT2D eigenvalue weighted by Crippen LogP contribution is 2.14. The van der Waals surface area contributed by atoms with Crippen LogP contribution in [0.2, 0.25) is 0 Å². The van der Waals surface area contributed by atoms with E-state index in [0.29, 0.717) is 0 Å². The Hall–Kier alpha value is -0.180. The normalized spacial score (nSPS) is 10.3. The maximum atomic E-state index is 6.98. The molecule has 0 heterocycles. The number of nitrogens with two attached hydrogens (primary N) is 1. The Bertz CT molecular complexity index is 99.8. The lowest BCUT2D eigenvalue weighted by molar-refractivity contribution is 0.554. The maximum Gasteiger partial charge on any atom is 0.151 e. The average molecular weight is 160 g/mol. The molecule has 0 aliphatic rings. The van der Waals surface area contributed by atoms with Crippen LogP contribution in [0.4, 0.5) is 0 Å². The van der Waals surface area contributed by atoms with Crippen LogP contribution in [0.1, 0.15) is 26.7 Å². The molecule has 0 unspecified atom stereocenters. The summed E-state index contributed by atoms with van der Waals surface area (Å²) in [6.45, 7) is 4.35. The van der Waals surface area contributed by atoms with E-state index in [2.05, 4.69) is 13.8 Å². The minimum absolute atomic E-state index is 0.243. The summed E-state index contributed by atoms with van der Waals surface area (Å²) in [5.74, 6) is 1.73. The Morgan fingerprint density at radius 1 is 1.50 bits per heavy atom. The van der Waals surface area contributed by atoms with Gasteiger partial charge in [-0.2, -0.15) is 0 Å². The lowest BCUT2D eigenvalue weighted by atomic mass is 10.1. The van der Waals surface area contributed by atoms with E-state index in [4.69, 9.17) is 11.1 Å². The molecule has 60 valence electrons.